The predicted molar refractivity (Wildman–Crippen MR) is 132 cm³/mol. The minimum absolute atomic E-state index is 0.0339. The average Bonchev–Trinajstić information content (AvgIpc) is 2.86. The summed E-state index contributed by atoms with van der Waals surface area (Å²) in [7, 11) is 0. The monoisotopic (exact) mass is 447 g/mol. The van der Waals surface area contributed by atoms with E-state index in [0.29, 0.717) is 35.2 Å². The Morgan fingerprint density at radius 3 is 2.48 bits per heavy atom. The molecular formula is C29H31NO3. The summed E-state index contributed by atoms with van der Waals surface area (Å²) in [6, 6.07) is 18.2. The first-order chi connectivity index (χ1) is 18.5. The topological polar surface area (TPSA) is 52.9 Å². The second-order valence-electron chi connectivity index (χ2n) is 8.66. The molecule has 170 valence electrons. The van der Waals surface area contributed by atoms with Crippen LogP contribution in [0.3, 0.4) is 0 Å². The fourth-order valence-corrected chi connectivity index (χ4v) is 4.58. The smallest absolute Gasteiger partial charge is 0.150 e. The van der Waals surface area contributed by atoms with Crippen LogP contribution >= 0.6 is 0 Å². The van der Waals surface area contributed by atoms with Gasteiger partial charge in [0.15, 0.2) is 0 Å². The van der Waals surface area contributed by atoms with Gasteiger partial charge in [0.2, 0.25) is 0 Å². The summed E-state index contributed by atoms with van der Waals surface area (Å²) in [6.45, 7) is -1.07. The number of aromatic hydroxyl groups is 2. The molecule has 3 aromatic carbocycles. The number of phenolic OH excluding ortho intramolecular Hbond substituents is 2. The van der Waals surface area contributed by atoms with E-state index in [-0.39, 0.29) is 28.7 Å². The third-order valence-corrected chi connectivity index (χ3v) is 6.29. The molecule has 2 aliphatic heterocycles. The molecule has 2 heterocycles. The Morgan fingerprint density at radius 1 is 1.00 bits per heavy atom. The van der Waals surface area contributed by atoms with Gasteiger partial charge in [0.05, 0.1) is 0 Å². The number of nitrogens with zero attached hydrogens (tertiary/aromatic N) is 1. The largest absolute Gasteiger partial charge is 0.508 e. The number of rotatable bonds is 6. The maximum Gasteiger partial charge on any atom is 0.150 e. The number of hydrogen-bond acceptors (Lipinski definition) is 4. The Hall–Kier alpha value is -3.24. The lowest BCUT2D eigenvalue weighted by molar-refractivity contribution is 0.101. The fourth-order valence-electron chi connectivity index (χ4n) is 4.58. The van der Waals surface area contributed by atoms with Gasteiger partial charge in [0.1, 0.15) is 23.4 Å². The number of hydrogen-bond donors (Lipinski definition) is 2. The van der Waals surface area contributed by atoms with Gasteiger partial charge in [0, 0.05) is 38.5 Å². The molecule has 2 unspecified atom stereocenters. The van der Waals surface area contributed by atoms with Gasteiger partial charge in [-0.2, -0.15) is 0 Å². The number of phenols is 2. The fraction of sp³-hybridized carbons (Fsp3) is 0.310. The molecule has 4 nitrogen and oxygen atoms in total. The van der Waals surface area contributed by atoms with E-state index in [0.717, 1.165) is 18.7 Å². The van der Waals surface area contributed by atoms with Crippen molar-refractivity contribution in [2.45, 2.75) is 32.6 Å². The molecule has 4 heteroatoms. The van der Waals surface area contributed by atoms with E-state index in [9.17, 15) is 10.2 Å². The molecule has 0 aliphatic carbocycles. The Balaban J connectivity index is 1.48. The van der Waals surface area contributed by atoms with E-state index >= 15 is 0 Å². The summed E-state index contributed by atoms with van der Waals surface area (Å²) in [5.74, 6) is 0.468. The van der Waals surface area contributed by atoms with Gasteiger partial charge in [-0.05, 0) is 78.7 Å². The van der Waals surface area contributed by atoms with Crippen LogP contribution in [0.4, 0.5) is 0 Å². The van der Waals surface area contributed by atoms with Crippen molar-refractivity contribution < 1.29 is 23.2 Å². The molecular weight excluding hydrogens is 410 g/mol. The van der Waals surface area contributed by atoms with Crippen molar-refractivity contribution in [3.05, 3.63) is 89.0 Å². The van der Waals surface area contributed by atoms with E-state index in [2.05, 4.69) is 4.90 Å². The first-order valence-electron chi connectivity index (χ1n) is 14.4. The minimum Gasteiger partial charge on any atom is -0.508 e. The molecule has 2 aliphatic rings. The van der Waals surface area contributed by atoms with Crippen LogP contribution in [-0.2, 0) is 6.40 Å². The van der Waals surface area contributed by atoms with Crippen LogP contribution in [0.15, 0.2) is 66.7 Å². The minimum atomic E-state index is -2.48. The second kappa shape index (κ2) is 8.95. The van der Waals surface area contributed by atoms with Crippen molar-refractivity contribution in [3.8, 4) is 17.2 Å². The average molecular weight is 448 g/mol. The zero-order valence-electron chi connectivity index (χ0n) is 24.2. The number of benzene rings is 3. The molecule has 1 fully saturated rings. The van der Waals surface area contributed by atoms with Crippen LogP contribution in [0.25, 0.3) is 11.1 Å². The molecule has 0 amide bonds. The highest BCUT2D eigenvalue weighted by Gasteiger charge is 2.30. The van der Waals surface area contributed by atoms with Crippen LogP contribution in [-0.4, -0.2) is 34.7 Å². The predicted octanol–water partition coefficient (Wildman–Crippen LogP) is 6.05. The summed E-state index contributed by atoms with van der Waals surface area (Å²) in [6.07, 6.45) is -0.714. The molecule has 0 aromatic heterocycles. The van der Waals surface area contributed by atoms with Crippen molar-refractivity contribution in [1.29, 1.82) is 0 Å². The highest BCUT2D eigenvalue weighted by atomic mass is 16.5. The van der Waals surface area contributed by atoms with Crippen molar-refractivity contribution in [2.24, 2.45) is 5.92 Å². The molecule has 3 aromatic rings. The molecule has 1 saturated heterocycles. The molecule has 0 saturated carbocycles. The Morgan fingerprint density at radius 2 is 1.76 bits per heavy atom. The van der Waals surface area contributed by atoms with Crippen LogP contribution < -0.4 is 4.74 Å². The van der Waals surface area contributed by atoms with E-state index in [1.807, 2.05) is 24.3 Å². The highest BCUT2D eigenvalue weighted by molar-refractivity contribution is 5.95. The summed E-state index contributed by atoms with van der Waals surface area (Å²) in [5.41, 5.74) is 3.12. The lowest BCUT2D eigenvalue weighted by Gasteiger charge is -2.39. The van der Waals surface area contributed by atoms with Crippen LogP contribution in [0, 0.1) is 5.92 Å². The van der Waals surface area contributed by atoms with Crippen molar-refractivity contribution in [2.75, 3.05) is 19.6 Å². The zero-order valence-corrected chi connectivity index (χ0v) is 18.2. The standard InChI is InChI=1S/C29H31NO3/c1-3-14-30-17-21(18-30)15-20-4-6-23(7-5-20)29-28(22-8-10-24(31)11-9-22)19(2)26-13-12-25(32)16-27(26)33-29/h4-13,16,21,29,31-32H,3,14-15,17-18H2,1-2H3/i1D2,2D3,15D. The highest BCUT2D eigenvalue weighted by Crippen LogP contribution is 2.47. The van der Waals surface area contributed by atoms with Crippen molar-refractivity contribution in [1.82, 2.24) is 4.90 Å². The quantitative estimate of drug-likeness (QED) is 0.483. The zero-order chi connectivity index (χ0) is 27.9. The molecule has 2 N–H and O–H groups in total. The number of fused-ring (bicyclic) bond motifs is 1. The van der Waals surface area contributed by atoms with Gasteiger partial charge < -0.3 is 19.8 Å². The van der Waals surface area contributed by atoms with Gasteiger partial charge in [-0.25, -0.2) is 0 Å². The van der Waals surface area contributed by atoms with Crippen LogP contribution in [0.1, 0.15) is 56.7 Å². The molecule has 0 bridgehead atoms. The maximum absolute atomic E-state index is 10.1. The van der Waals surface area contributed by atoms with E-state index in [1.54, 1.807) is 18.2 Å². The third-order valence-electron chi connectivity index (χ3n) is 6.29. The van der Waals surface area contributed by atoms with Gasteiger partial charge >= 0.3 is 0 Å². The second-order valence-corrected chi connectivity index (χ2v) is 8.66. The van der Waals surface area contributed by atoms with Gasteiger partial charge in [-0.3, -0.25) is 0 Å². The number of ether oxygens (including phenoxy) is 1. The molecule has 0 radical (unpaired) electrons. The van der Waals surface area contributed by atoms with Crippen LogP contribution in [0.5, 0.6) is 17.2 Å². The lowest BCUT2D eigenvalue weighted by Crippen LogP contribution is -2.47. The summed E-state index contributed by atoms with van der Waals surface area (Å²) >= 11 is 0. The molecule has 0 spiro atoms. The molecule has 5 rings (SSSR count). The maximum atomic E-state index is 10.1. The normalized spacial score (nSPS) is 22.6. The first-order valence-corrected chi connectivity index (χ1v) is 11.1. The number of allylic oxidation sites excluding steroid dienone is 1. The molecule has 33 heavy (non-hydrogen) atoms. The Bertz CT molecular complexity index is 1350. The summed E-state index contributed by atoms with van der Waals surface area (Å²) < 4.78 is 54.9. The lowest BCUT2D eigenvalue weighted by atomic mass is 9.85. The van der Waals surface area contributed by atoms with Gasteiger partial charge in [-0.15, -0.1) is 0 Å². The summed E-state index contributed by atoms with van der Waals surface area (Å²) in [5, 5.41) is 19.9. The third kappa shape index (κ3) is 4.36. The van der Waals surface area contributed by atoms with Crippen LogP contribution in [0.2, 0.25) is 0 Å². The van der Waals surface area contributed by atoms with E-state index < -0.39 is 26.2 Å². The summed E-state index contributed by atoms with van der Waals surface area (Å²) in [4.78, 5) is 2.17. The van der Waals surface area contributed by atoms with E-state index in [1.165, 1.54) is 24.3 Å². The van der Waals surface area contributed by atoms with Gasteiger partial charge in [0.25, 0.3) is 0 Å². The Kier molecular flexibility index (Phi) is 4.22. The van der Waals surface area contributed by atoms with Crippen molar-refractivity contribution in [3.63, 3.8) is 0 Å². The van der Waals surface area contributed by atoms with Gasteiger partial charge in [-0.1, -0.05) is 43.3 Å². The Labute approximate surface area is 204 Å². The SMILES string of the molecule is [2H]C([2H])CCN1CC(C([2H])c2ccc(C3Oc4cc(O)ccc4C(C([2H])([2H])[2H])=C3c3ccc(O)cc3)cc2)C1. The van der Waals surface area contributed by atoms with Crippen molar-refractivity contribution >= 4 is 11.1 Å². The first kappa shape index (κ1) is 15.6. The molecule has 2 atom stereocenters. The van der Waals surface area contributed by atoms with E-state index in [4.69, 9.17) is 13.0 Å². The number of likely N-dealkylation sites (tertiary alicyclic amines) is 1.